The second-order valence-electron chi connectivity index (χ2n) is 16.3. The van der Waals surface area contributed by atoms with Gasteiger partial charge in [0.25, 0.3) is 0 Å². The van der Waals surface area contributed by atoms with Gasteiger partial charge in [0, 0.05) is 0 Å². The summed E-state index contributed by atoms with van der Waals surface area (Å²) in [7, 11) is 0. The molecule has 11 aromatic carbocycles. The lowest BCUT2D eigenvalue weighted by Gasteiger charge is -2.35. The van der Waals surface area contributed by atoms with Gasteiger partial charge in [-0.1, -0.05) is 188 Å². The van der Waals surface area contributed by atoms with Crippen LogP contribution in [-0.2, 0) is 10.8 Å². The molecule has 0 N–H and O–H groups in total. The van der Waals surface area contributed by atoms with E-state index in [9.17, 15) is 0 Å². The molecule has 0 saturated carbocycles. The molecular weight excluding hydrogens is 697 g/mol. The highest BCUT2D eigenvalue weighted by Gasteiger charge is 2.52. The van der Waals surface area contributed by atoms with E-state index in [0.29, 0.717) is 0 Å². The molecule has 2 aliphatic rings. The summed E-state index contributed by atoms with van der Waals surface area (Å²) >= 11 is 0. The average molecular weight is 733 g/mol. The van der Waals surface area contributed by atoms with Crippen molar-refractivity contribution >= 4 is 43.1 Å². The van der Waals surface area contributed by atoms with Crippen molar-refractivity contribution in [2.24, 2.45) is 0 Å². The number of hydrogen-bond acceptors (Lipinski definition) is 0. The second-order valence-corrected chi connectivity index (χ2v) is 16.3. The molecule has 0 atom stereocenters. The van der Waals surface area contributed by atoms with Crippen LogP contribution in [0, 0.1) is 0 Å². The van der Waals surface area contributed by atoms with Gasteiger partial charge in [0.15, 0.2) is 0 Å². The van der Waals surface area contributed by atoms with Crippen LogP contribution >= 0.6 is 0 Å². The van der Waals surface area contributed by atoms with E-state index >= 15 is 0 Å². The SMILES string of the molecule is c1ccc(C2(c3ccccc3)c3cc4c(cc3-c3cc5ccccc5cc32)C(c2ccccc2)(c2ccccc2)c2cc3ccc5cccc6ccc(c2-4)c3c56)cc1. The molecule has 0 radical (unpaired) electrons. The van der Waals surface area contributed by atoms with E-state index in [-0.39, 0.29) is 0 Å². The highest BCUT2D eigenvalue weighted by atomic mass is 14.5. The Balaban J connectivity index is 1.27. The number of hydrogen-bond donors (Lipinski definition) is 0. The summed E-state index contributed by atoms with van der Waals surface area (Å²) in [5.41, 5.74) is 14.6. The first-order valence-corrected chi connectivity index (χ1v) is 20.4. The predicted octanol–water partition coefficient (Wildman–Crippen LogP) is 14.5. The molecule has 13 rings (SSSR count). The van der Waals surface area contributed by atoms with E-state index in [1.54, 1.807) is 0 Å². The maximum atomic E-state index is 2.62. The lowest BCUT2D eigenvalue weighted by molar-refractivity contribution is 0.760. The molecular formula is C58H36. The molecule has 268 valence electrons. The van der Waals surface area contributed by atoms with Gasteiger partial charge in [0.05, 0.1) is 10.8 Å². The zero-order chi connectivity index (χ0) is 38.0. The monoisotopic (exact) mass is 732 g/mol. The molecule has 0 spiro atoms. The largest absolute Gasteiger partial charge is 0.0714 e. The van der Waals surface area contributed by atoms with Crippen molar-refractivity contribution in [3.05, 3.63) is 263 Å². The quantitative estimate of drug-likeness (QED) is 0.158. The normalized spacial score (nSPS) is 14.5. The van der Waals surface area contributed by atoms with Gasteiger partial charge in [-0.3, -0.25) is 0 Å². The molecule has 0 aliphatic heterocycles. The highest BCUT2D eigenvalue weighted by molar-refractivity contribution is 6.27. The molecule has 0 aromatic heterocycles. The lowest BCUT2D eigenvalue weighted by Crippen LogP contribution is -2.30. The van der Waals surface area contributed by atoms with Crippen LogP contribution in [0.4, 0.5) is 0 Å². The molecule has 0 amide bonds. The van der Waals surface area contributed by atoms with Crippen LogP contribution in [0.2, 0.25) is 0 Å². The molecule has 0 fully saturated rings. The number of benzene rings is 11. The van der Waals surface area contributed by atoms with Gasteiger partial charge >= 0.3 is 0 Å². The van der Waals surface area contributed by atoms with Crippen LogP contribution < -0.4 is 0 Å². The predicted molar refractivity (Wildman–Crippen MR) is 242 cm³/mol. The Labute approximate surface area is 337 Å². The third-order valence-corrected chi connectivity index (χ3v) is 13.7. The van der Waals surface area contributed by atoms with Crippen LogP contribution in [0.3, 0.4) is 0 Å². The van der Waals surface area contributed by atoms with Crippen molar-refractivity contribution < 1.29 is 0 Å². The first-order valence-electron chi connectivity index (χ1n) is 20.4. The Kier molecular flexibility index (Phi) is 6.39. The minimum Gasteiger partial charge on any atom is -0.0622 e. The second kappa shape index (κ2) is 11.6. The van der Waals surface area contributed by atoms with Crippen molar-refractivity contribution in [1.29, 1.82) is 0 Å². The third kappa shape index (κ3) is 3.94. The Hall–Kier alpha value is -7.28. The van der Waals surface area contributed by atoms with Crippen LogP contribution in [0.15, 0.2) is 218 Å². The van der Waals surface area contributed by atoms with Gasteiger partial charge in [-0.2, -0.15) is 0 Å². The summed E-state index contributed by atoms with van der Waals surface area (Å²) in [6.07, 6.45) is 0. The molecule has 0 saturated heterocycles. The summed E-state index contributed by atoms with van der Waals surface area (Å²) in [6, 6.07) is 82.8. The minimum absolute atomic E-state index is 0.541. The van der Waals surface area contributed by atoms with Crippen LogP contribution in [0.5, 0.6) is 0 Å². The van der Waals surface area contributed by atoms with Crippen LogP contribution in [-0.4, -0.2) is 0 Å². The van der Waals surface area contributed by atoms with E-state index in [2.05, 4.69) is 218 Å². The fourth-order valence-electron chi connectivity index (χ4n) is 11.4. The van der Waals surface area contributed by atoms with E-state index in [0.717, 1.165) is 0 Å². The highest BCUT2D eigenvalue weighted by Crippen LogP contribution is 2.64. The zero-order valence-corrected chi connectivity index (χ0v) is 31.8. The van der Waals surface area contributed by atoms with Crippen molar-refractivity contribution in [3.8, 4) is 22.3 Å². The molecule has 0 unspecified atom stereocenters. The Morgan fingerprint density at radius 2 is 0.638 bits per heavy atom. The summed E-state index contributed by atoms with van der Waals surface area (Å²) < 4.78 is 0. The summed E-state index contributed by atoms with van der Waals surface area (Å²) in [6.45, 7) is 0. The summed E-state index contributed by atoms with van der Waals surface area (Å²) in [4.78, 5) is 0. The van der Waals surface area contributed by atoms with Gasteiger partial charge in [0.1, 0.15) is 0 Å². The topological polar surface area (TPSA) is 0 Å². The van der Waals surface area contributed by atoms with Crippen molar-refractivity contribution in [3.63, 3.8) is 0 Å². The first-order chi connectivity index (χ1) is 28.8. The maximum Gasteiger partial charge on any atom is 0.0714 e. The van der Waals surface area contributed by atoms with Crippen LogP contribution in [0.25, 0.3) is 65.3 Å². The Morgan fingerprint density at radius 1 is 0.241 bits per heavy atom. The van der Waals surface area contributed by atoms with Crippen molar-refractivity contribution in [2.75, 3.05) is 0 Å². The van der Waals surface area contributed by atoms with Gasteiger partial charge < -0.3 is 0 Å². The number of fused-ring (bicyclic) bond motifs is 8. The van der Waals surface area contributed by atoms with Crippen LogP contribution in [0.1, 0.15) is 44.5 Å². The molecule has 2 aliphatic carbocycles. The number of rotatable bonds is 4. The molecule has 0 heteroatoms. The molecule has 11 aromatic rings. The fraction of sp³-hybridized carbons (Fsp3) is 0.0345. The lowest BCUT2D eigenvalue weighted by atomic mass is 9.65. The van der Waals surface area contributed by atoms with Gasteiger partial charge in [-0.15, -0.1) is 0 Å². The maximum absolute atomic E-state index is 2.62. The van der Waals surface area contributed by atoms with Crippen molar-refractivity contribution in [2.45, 2.75) is 10.8 Å². The third-order valence-electron chi connectivity index (χ3n) is 13.7. The standard InChI is InChI=1S/C58H36/c1-5-20-42(21-6-1)57(43-22-7-2-8-23-43)50-33-40-17-14-13-16-39(40)32-47(50)48-35-52-49(36-51(48)57)56-46-31-30-38-19-15-18-37-28-29-41(55(46)54(37)38)34-53(56)58(52,44-24-9-3-10-25-44)45-26-11-4-12-27-45/h1-36H. The Morgan fingerprint density at radius 3 is 1.22 bits per heavy atom. The fourth-order valence-corrected chi connectivity index (χ4v) is 11.4. The van der Waals surface area contributed by atoms with Gasteiger partial charge in [-0.05, 0) is 140 Å². The zero-order valence-electron chi connectivity index (χ0n) is 31.8. The van der Waals surface area contributed by atoms with E-state index < -0.39 is 10.8 Å². The summed E-state index contributed by atoms with van der Waals surface area (Å²) in [5, 5.41) is 10.4. The van der Waals surface area contributed by atoms with E-state index in [1.165, 1.54) is 110 Å². The molecule has 58 heavy (non-hydrogen) atoms. The minimum atomic E-state index is -0.561. The molecule has 0 heterocycles. The molecule has 0 bridgehead atoms. The average Bonchev–Trinajstić information content (AvgIpc) is 3.74. The van der Waals surface area contributed by atoms with E-state index in [1.807, 2.05) is 0 Å². The molecule has 0 nitrogen and oxygen atoms in total. The smallest absolute Gasteiger partial charge is 0.0622 e. The van der Waals surface area contributed by atoms with E-state index in [4.69, 9.17) is 0 Å². The van der Waals surface area contributed by atoms with Gasteiger partial charge in [-0.25, -0.2) is 0 Å². The first kappa shape index (κ1) is 31.9. The summed E-state index contributed by atoms with van der Waals surface area (Å²) in [5.74, 6) is 0. The van der Waals surface area contributed by atoms with Gasteiger partial charge in [0.2, 0.25) is 0 Å². The van der Waals surface area contributed by atoms with Crippen molar-refractivity contribution in [1.82, 2.24) is 0 Å². The Bertz CT molecular complexity index is 3320.